The molecule has 20 heteroatoms. The number of aryl methyl sites for hydroxylation is 1. The molecule has 0 amide bonds. The third-order valence-corrected chi connectivity index (χ3v) is 7.47. The molecule has 2 aliphatic rings. The van der Waals surface area contributed by atoms with E-state index in [4.69, 9.17) is 19.8 Å². The van der Waals surface area contributed by atoms with Gasteiger partial charge in [-0.25, -0.2) is 24.5 Å². The zero-order valence-corrected chi connectivity index (χ0v) is 24.3. The van der Waals surface area contributed by atoms with Crippen LogP contribution in [-0.2, 0) is 21.9 Å². The molecule has 0 bridgehead atoms. The van der Waals surface area contributed by atoms with E-state index in [0.29, 0.717) is 37.3 Å². The van der Waals surface area contributed by atoms with Crippen molar-refractivity contribution in [3.05, 3.63) is 54.4 Å². The lowest BCUT2D eigenvalue weighted by Crippen LogP contribution is -2.26. The Morgan fingerprint density at radius 1 is 1.08 bits per heavy atom. The van der Waals surface area contributed by atoms with E-state index in [0.717, 1.165) is 28.7 Å². The molecular formula is C28H24F8N8O4. The van der Waals surface area contributed by atoms with Crippen LogP contribution in [0.2, 0.25) is 0 Å². The van der Waals surface area contributed by atoms with Crippen LogP contribution in [0.15, 0.2) is 43.1 Å². The molecule has 12 nitrogen and oxygen atoms in total. The van der Waals surface area contributed by atoms with Crippen LogP contribution in [0.5, 0.6) is 0 Å². The maximum absolute atomic E-state index is 14.2. The van der Waals surface area contributed by atoms with Gasteiger partial charge in [0.2, 0.25) is 0 Å². The number of pyridine rings is 1. The summed E-state index contributed by atoms with van der Waals surface area (Å²) in [6, 6.07) is 7.70. The van der Waals surface area contributed by atoms with E-state index in [1.165, 1.54) is 6.33 Å². The minimum Gasteiger partial charge on any atom is -0.475 e. The molecule has 1 saturated heterocycles. The summed E-state index contributed by atoms with van der Waals surface area (Å²) >= 11 is 0. The fourth-order valence-electron chi connectivity index (χ4n) is 5.21. The third kappa shape index (κ3) is 8.13. The van der Waals surface area contributed by atoms with Crippen molar-refractivity contribution in [2.75, 3.05) is 18.0 Å². The van der Waals surface area contributed by atoms with Gasteiger partial charge in [0.25, 0.3) is 5.92 Å². The second kappa shape index (κ2) is 13.8. The average molecular weight is 689 g/mol. The van der Waals surface area contributed by atoms with Crippen LogP contribution in [0.25, 0.3) is 22.3 Å². The second-order valence-corrected chi connectivity index (χ2v) is 10.6. The quantitative estimate of drug-likeness (QED) is 0.227. The molecule has 4 aromatic heterocycles. The monoisotopic (exact) mass is 688 g/mol. The molecular weight excluding hydrogens is 664 g/mol. The van der Waals surface area contributed by atoms with Crippen LogP contribution in [0, 0.1) is 17.2 Å². The van der Waals surface area contributed by atoms with Gasteiger partial charge in [0.05, 0.1) is 30.4 Å². The van der Waals surface area contributed by atoms with E-state index in [1.54, 1.807) is 12.3 Å². The maximum Gasteiger partial charge on any atom is 0.490 e. The van der Waals surface area contributed by atoms with Gasteiger partial charge in [-0.05, 0) is 30.5 Å². The topological polar surface area (TPSA) is 174 Å². The number of carboxylic acid groups (broad SMARTS) is 2. The fourth-order valence-corrected chi connectivity index (χ4v) is 5.21. The van der Waals surface area contributed by atoms with Crippen LogP contribution in [0.1, 0.15) is 36.6 Å². The lowest BCUT2D eigenvalue weighted by molar-refractivity contribution is -0.193. The number of aromatic nitrogens is 6. The summed E-state index contributed by atoms with van der Waals surface area (Å²) in [5.41, 5.74) is 2.94. The summed E-state index contributed by atoms with van der Waals surface area (Å²) in [6.45, 7) is 1.34. The first-order valence-corrected chi connectivity index (χ1v) is 13.8. The molecule has 0 spiro atoms. The number of carboxylic acids is 2. The highest BCUT2D eigenvalue weighted by molar-refractivity contribution is 5.90. The van der Waals surface area contributed by atoms with Crippen molar-refractivity contribution in [2.45, 2.75) is 50.0 Å². The van der Waals surface area contributed by atoms with Crippen LogP contribution in [-0.4, -0.2) is 77.3 Å². The number of nitriles is 1. The minimum atomic E-state index is -5.08. The second-order valence-electron chi connectivity index (χ2n) is 10.6. The first-order chi connectivity index (χ1) is 22.4. The number of nitrogens with zero attached hydrogens (tertiary/aromatic N) is 7. The first-order valence-electron chi connectivity index (χ1n) is 13.8. The van der Waals surface area contributed by atoms with E-state index >= 15 is 0 Å². The lowest BCUT2D eigenvalue weighted by Gasteiger charge is -2.23. The van der Waals surface area contributed by atoms with Crippen molar-refractivity contribution in [1.29, 1.82) is 5.26 Å². The van der Waals surface area contributed by atoms with Crippen LogP contribution >= 0.6 is 0 Å². The number of nitrogens with one attached hydrogen (secondary N) is 1. The third-order valence-electron chi connectivity index (χ3n) is 7.47. The minimum absolute atomic E-state index is 0.0836. The number of hydrogen-bond acceptors (Lipinski definition) is 8. The highest BCUT2D eigenvalue weighted by Gasteiger charge is 2.42. The largest absolute Gasteiger partial charge is 0.490 e. The Morgan fingerprint density at radius 3 is 2.38 bits per heavy atom. The predicted molar refractivity (Wildman–Crippen MR) is 149 cm³/mol. The molecule has 2 unspecified atom stereocenters. The van der Waals surface area contributed by atoms with Crippen molar-refractivity contribution < 1.29 is 54.9 Å². The number of carbonyl (C=O) groups is 2. The number of aliphatic carboxylic acids is 2. The number of anilines is 1. The van der Waals surface area contributed by atoms with Gasteiger partial charge in [-0.3, -0.25) is 4.68 Å². The standard InChI is InChI=1S/C24H22F2N8.2C2HF3O2/c25-24(26)7-3-15-1-2-20(32-22(15)24)33-10-6-16(12-33)19(4-8-27)34-13-17(11-31-34)21-18-5-9-28-23(18)30-14-29-21;2*3-2(4,5)1(6)7/h1-2,5,9,11,13-14,16,19H,3-4,6-7,10,12H2,(H,28,29,30);2*(H,6,7). The maximum atomic E-state index is 14.2. The van der Waals surface area contributed by atoms with E-state index in [-0.39, 0.29) is 24.1 Å². The zero-order chi connectivity index (χ0) is 35.4. The molecule has 2 atom stereocenters. The molecule has 4 aromatic rings. The summed E-state index contributed by atoms with van der Waals surface area (Å²) < 4.78 is 93.7. The summed E-state index contributed by atoms with van der Waals surface area (Å²) in [4.78, 5) is 35.9. The van der Waals surface area contributed by atoms with E-state index in [1.807, 2.05) is 34.1 Å². The lowest BCUT2D eigenvalue weighted by atomic mass is 9.96. The van der Waals surface area contributed by atoms with Gasteiger partial charge in [-0.2, -0.15) is 45.5 Å². The summed E-state index contributed by atoms with van der Waals surface area (Å²) in [6.07, 6.45) is -1.82. The van der Waals surface area contributed by atoms with E-state index in [2.05, 4.69) is 31.1 Å². The van der Waals surface area contributed by atoms with Gasteiger partial charge in [0.1, 0.15) is 23.5 Å². The van der Waals surface area contributed by atoms with Gasteiger partial charge < -0.3 is 20.1 Å². The average Bonchev–Trinajstić information content (AvgIpc) is 3.82. The predicted octanol–water partition coefficient (Wildman–Crippen LogP) is 5.50. The molecule has 0 radical (unpaired) electrons. The smallest absolute Gasteiger partial charge is 0.475 e. The molecule has 1 aliphatic heterocycles. The first kappa shape index (κ1) is 35.5. The zero-order valence-electron chi connectivity index (χ0n) is 24.3. The SMILES string of the molecule is N#CCC(C1CCN(c2ccc3c(n2)C(F)(F)CC3)C1)n1cc(-c2ncnc3[nH]ccc23)cn1.O=C(O)C(F)(F)F.O=C(O)C(F)(F)F. The Hall–Kier alpha value is -5.35. The Balaban J connectivity index is 0.000000314. The molecule has 1 aliphatic carbocycles. The normalized spacial score (nSPS) is 17.4. The van der Waals surface area contributed by atoms with Gasteiger partial charge in [-0.1, -0.05) is 6.07 Å². The van der Waals surface area contributed by atoms with Gasteiger partial charge in [0.15, 0.2) is 0 Å². The number of aromatic amines is 1. The Kier molecular flexibility index (Phi) is 10.2. The number of H-pyrrole nitrogens is 1. The molecule has 3 N–H and O–H groups in total. The Morgan fingerprint density at radius 2 is 1.75 bits per heavy atom. The number of fused-ring (bicyclic) bond motifs is 2. The molecule has 6 rings (SSSR count). The number of hydrogen-bond donors (Lipinski definition) is 3. The number of halogens is 8. The number of alkyl halides is 8. The van der Waals surface area contributed by atoms with Crippen molar-refractivity contribution in [1.82, 2.24) is 29.7 Å². The molecule has 0 aromatic carbocycles. The molecule has 48 heavy (non-hydrogen) atoms. The molecule has 0 saturated carbocycles. The summed E-state index contributed by atoms with van der Waals surface area (Å²) in [5.74, 6) is -7.65. The Labute approximate surface area is 264 Å². The van der Waals surface area contributed by atoms with E-state index in [9.17, 15) is 40.4 Å². The molecule has 256 valence electrons. The van der Waals surface area contributed by atoms with Crippen LogP contribution in [0.3, 0.4) is 0 Å². The van der Waals surface area contributed by atoms with Gasteiger partial charge >= 0.3 is 24.3 Å². The van der Waals surface area contributed by atoms with Gasteiger partial charge in [0, 0.05) is 48.8 Å². The molecule has 1 fully saturated rings. The number of rotatable bonds is 5. The van der Waals surface area contributed by atoms with Crippen LogP contribution < -0.4 is 4.90 Å². The van der Waals surface area contributed by atoms with Crippen molar-refractivity contribution >= 4 is 28.8 Å². The van der Waals surface area contributed by atoms with E-state index < -0.39 is 30.2 Å². The summed E-state index contributed by atoms with van der Waals surface area (Å²) in [5, 5.41) is 29.2. The Bertz CT molecular complexity index is 1790. The van der Waals surface area contributed by atoms with Crippen molar-refractivity contribution in [3.63, 3.8) is 0 Å². The van der Waals surface area contributed by atoms with Crippen molar-refractivity contribution in [3.8, 4) is 17.3 Å². The molecule has 5 heterocycles. The fraction of sp³-hybridized carbons (Fsp3) is 0.393. The highest BCUT2D eigenvalue weighted by atomic mass is 19.4. The van der Waals surface area contributed by atoms with Gasteiger partial charge in [-0.15, -0.1) is 0 Å². The summed E-state index contributed by atoms with van der Waals surface area (Å²) in [7, 11) is 0. The highest BCUT2D eigenvalue weighted by Crippen LogP contribution is 2.42. The van der Waals surface area contributed by atoms with Crippen molar-refractivity contribution in [2.24, 2.45) is 5.92 Å². The van der Waals surface area contributed by atoms with Crippen LogP contribution in [0.4, 0.5) is 40.9 Å².